The number of nitrogens with zero attached hydrogens (tertiary/aromatic N) is 3. The van der Waals surface area contributed by atoms with Crippen molar-refractivity contribution in [1.82, 2.24) is 9.55 Å². The quantitative estimate of drug-likeness (QED) is 0.828. The molecule has 1 aromatic carbocycles. The van der Waals surface area contributed by atoms with Gasteiger partial charge in [0, 0.05) is 12.0 Å². The standard InChI is InChI=1S/C17H17N3/c18-9-10-4-7-15-14(8-10)19-17(20(15)11-5-6-11)16-12-2-1-3-13(12)16/h4,7-8,11-13,16H,1-3,5-6H2. The van der Waals surface area contributed by atoms with E-state index in [0.29, 0.717) is 12.0 Å². The van der Waals surface area contributed by atoms with Crippen LogP contribution in [0.25, 0.3) is 11.0 Å². The predicted octanol–water partition coefficient (Wildman–Crippen LogP) is 3.76. The molecule has 2 atom stereocenters. The van der Waals surface area contributed by atoms with Gasteiger partial charge in [0.05, 0.1) is 22.7 Å². The summed E-state index contributed by atoms with van der Waals surface area (Å²) in [4.78, 5) is 4.94. The molecule has 20 heavy (non-hydrogen) atoms. The molecule has 3 fully saturated rings. The van der Waals surface area contributed by atoms with E-state index in [1.807, 2.05) is 12.1 Å². The van der Waals surface area contributed by atoms with Crippen LogP contribution in [0.2, 0.25) is 0 Å². The molecule has 100 valence electrons. The van der Waals surface area contributed by atoms with Crippen LogP contribution in [0.4, 0.5) is 0 Å². The summed E-state index contributed by atoms with van der Waals surface area (Å²) in [7, 11) is 0. The van der Waals surface area contributed by atoms with Gasteiger partial charge < -0.3 is 4.57 Å². The van der Waals surface area contributed by atoms with E-state index in [1.54, 1.807) is 0 Å². The Balaban J connectivity index is 1.68. The molecule has 0 bridgehead atoms. The van der Waals surface area contributed by atoms with E-state index in [-0.39, 0.29) is 0 Å². The fraction of sp³-hybridized carbons (Fsp3) is 0.529. The number of rotatable bonds is 2. The normalized spacial score (nSPS) is 31.2. The van der Waals surface area contributed by atoms with Crippen LogP contribution in [0, 0.1) is 23.2 Å². The number of fused-ring (bicyclic) bond motifs is 2. The minimum Gasteiger partial charge on any atom is -0.325 e. The highest BCUT2D eigenvalue weighted by Gasteiger charge is 2.55. The average Bonchev–Trinajstić information content (AvgIpc) is 3.35. The van der Waals surface area contributed by atoms with E-state index in [1.165, 1.54) is 43.4 Å². The van der Waals surface area contributed by atoms with Gasteiger partial charge in [-0.25, -0.2) is 4.98 Å². The van der Waals surface area contributed by atoms with Crippen LogP contribution >= 0.6 is 0 Å². The van der Waals surface area contributed by atoms with Crippen molar-refractivity contribution in [2.75, 3.05) is 0 Å². The van der Waals surface area contributed by atoms with Gasteiger partial charge in [0.2, 0.25) is 0 Å². The zero-order valence-electron chi connectivity index (χ0n) is 11.4. The zero-order chi connectivity index (χ0) is 13.3. The Labute approximate surface area is 118 Å². The lowest BCUT2D eigenvalue weighted by atomic mass is 10.1. The second-order valence-corrected chi connectivity index (χ2v) is 6.67. The van der Waals surface area contributed by atoms with Crippen molar-refractivity contribution >= 4 is 11.0 Å². The molecule has 3 heteroatoms. The van der Waals surface area contributed by atoms with Gasteiger partial charge in [-0.1, -0.05) is 6.42 Å². The number of imidazole rings is 1. The lowest BCUT2D eigenvalue weighted by molar-refractivity contribution is 0.616. The van der Waals surface area contributed by atoms with E-state index in [2.05, 4.69) is 16.7 Å². The Morgan fingerprint density at radius 2 is 1.95 bits per heavy atom. The summed E-state index contributed by atoms with van der Waals surface area (Å²) in [5.74, 6) is 3.84. The second kappa shape index (κ2) is 3.63. The molecule has 0 saturated heterocycles. The van der Waals surface area contributed by atoms with Crippen molar-refractivity contribution in [3.05, 3.63) is 29.6 Å². The lowest BCUT2D eigenvalue weighted by Gasteiger charge is -2.08. The Bertz CT molecular complexity index is 737. The van der Waals surface area contributed by atoms with Gasteiger partial charge in [-0.15, -0.1) is 0 Å². The van der Waals surface area contributed by atoms with Crippen molar-refractivity contribution < 1.29 is 0 Å². The third kappa shape index (κ3) is 1.37. The van der Waals surface area contributed by atoms with Crippen molar-refractivity contribution in [1.29, 1.82) is 5.26 Å². The number of benzene rings is 1. The molecule has 0 N–H and O–H groups in total. The molecule has 5 rings (SSSR count). The first kappa shape index (κ1) is 10.9. The van der Waals surface area contributed by atoms with Crippen LogP contribution in [0.1, 0.15) is 55.5 Å². The number of aromatic nitrogens is 2. The van der Waals surface area contributed by atoms with Crippen LogP contribution in [-0.4, -0.2) is 9.55 Å². The average molecular weight is 263 g/mol. The van der Waals surface area contributed by atoms with Crippen LogP contribution in [0.5, 0.6) is 0 Å². The maximum absolute atomic E-state index is 9.06. The van der Waals surface area contributed by atoms with Gasteiger partial charge in [0.1, 0.15) is 5.82 Å². The van der Waals surface area contributed by atoms with Crippen molar-refractivity contribution in [2.24, 2.45) is 11.8 Å². The Morgan fingerprint density at radius 3 is 2.65 bits per heavy atom. The van der Waals surface area contributed by atoms with E-state index >= 15 is 0 Å². The highest BCUT2D eigenvalue weighted by molar-refractivity contribution is 5.78. The molecular formula is C17H17N3. The maximum Gasteiger partial charge on any atom is 0.113 e. The highest BCUT2D eigenvalue weighted by Crippen LogP contribution is 2.63. The molecule has 3 nitrogen and oxygen atoms in total. The Kier molecular flexibility index (Phi) is 1.98. The van der Waals surface area contributed by atoms with Crippen LogP contribution in [-0.2, 0) is 0 Å². The molecule has 0 amide bonds. The van der Waals surface area contributed by atoms with Gasteiger partial charge in [0.15, 0.2) is 0 Å². The third-order valence-corrected chi connectivity index (χ3v) is 5.46. The molecular weight excluding hydrogens is 246 g/mol. The second-order valence-electron chi connectivity index (χ2n) is 6.67. The summed E-state index contributed by atoms with van der Waals surface area (Å²) in [6, 6.07) is 8.88. The lowest BCUT2D eigenvalue weighted by Crippen LogP contribution is -2.02. The first-order valence-corrected chi connectivity index (χ1v) is 7.79. The Hall–Kier alpha value is -1.82. The minimum absolute atomic E-state index is 0.671. The molecule has 3 aliphatic rings. The van der Waals surface area contributed by atoms with Crippen LogP contribution < -0.4 is 0 Å². The third-order valence-electron chi connectivity index (χ3n) is 5.46. The number of nitriles is 1. The van der Waals surface area contributed by atoms with Gasteiger partial charge in [-0.3, -0.25) is 0 Å². The molecule has 2 aromatic rings. The molecule has 0 radical (unpaired) electrons. The van der Waals surface area contributed by atoms with E-state index in [9.17, 15) is 0 Å². The molecule has 0 aliphatic heterocycles. The van der Waals surface area contributed by atoms with E-state index < -0.39 is 0 Å². The summed E-state index contributed by atoms with van der Waals surface area (Å²) < 4.78 is 2.50. The van der Waals surface area contributed by atoms with Gasteiger partial charge in [-0.05, 0) is 55.7 Å². The zero-order valence-corrected chi connectivity index (χ0v) is 11.4. The summed E-state index contributed by atoms with van der Waals surface area (Å²) in [5.41, 5.74) is 2.99. The Morgan fingerprint density at radius 1 is 1.15 bits per heavy atom. The molecule has 1 aromatic heterocycles. The van der Waals surface area contributed by atoms with Gasteiger partial charge >= 0.3 is 0 Å². The van der Waals surface area contributed by atoms with Crippen LogP contribution in [0.3, 0.4) is 0 Å². The minimum atomic E-state index is 0.671. The summed E-state index contributed by atoms with van der Waals surface area (Å²) in [6.45, 7) is 0. The smallest absolute Gasteiger partial charge is 0.113 e. The maximum atomic E-state index is 9.06. The van der Waals surface area contributed by atoms with Crippen molar-refractivity contribution in [2.45, 2.75) is 44.1 Å². The summed E-state index contributed by atoms with van der Waals surface area (Å²) >= 11 is 0. The number of hydrogen-bond acceptors (Lipinski definition) is 2. The van der Waals surface area contributed by atoms with Gasteiger partial charge in [0.25, 0.3) is 0 Å². The summed E-state index contributed by atoms with van der Waals surface area (Å²) in [6.07, 6.45) is 6.79. The largest absolute Gasteiger partial charge is 0.325 e. The fourth-order valence-electron chi connectivity index (χ4n) is 4.34. The summed E-state index contributed by atoms with van der Waals surface area (Å²) in [5, 5.41) is 9.06. The van der Waals surface area contributed by atoms with Gasteiger partial charge in [-0.2, -0.15) is 5.26 Å². The van der Waals surface area contributed by atoms with Crippen molar-refractivity contribution in [3.8, 4) is 6.07 Å². The van der Waals surface area contributed by atoms with Crippen molar-refractivity contribution in [3.63, 3.8) is 0 Å². The topological polar surface area (TPSA) is 41.6 Å². The molecule has 3 saturated carbocycles. The predicted molar refractivity (Wildman–Crippen MR) is 76.3 cm³/mol. The molecule has 2 unspecified atom stereocenters. The van der Waals surface area contributed by atoms with Crippen LogP contribution in [0.15, 0.2) is 18.2 Å². The first-order valence-electron chi connectivity index (χ1n) is 7.79. The molecule has 0 spiro atoms. The highest BCUT2D eigenvalue weighted by atomic mass is 15.1. The van der Waals surface area contributed by atoms with E-state index in [4.69, 9.17) is 10.2 Å². The van der Waals surface area contributed by atoms with E-state index in [0.717, 1.165) is 22.9 Å². The fourth-order valence-corrected chi connectivity index (χ4v) is 4.34. The monoisotopic (exact) mass is 263 g/mol. The first-order chi connectivity index (χ1) is 9.86. The molecule has 1 heterocycles. The molecule has 3 aliphatic carbocycles. The SMILES string of the molecule is N#Cc1ccc2c(c1)nc(C1C3CCCC31)n2C1CC1. The number of hydrogen-bond donors (Lipinski definition) is 0.